The lowest BCUT2D eigenvalue weighted by atomic mass is 9.98. The average Bonchev–Trinajstić information content (AvgIpc) is 2.61. The van der Waals surface area contributed by atoms with Gasteiger partial charge in [0, 0.05) is 31.7 Å². The van der Waals surface area contributed by atoms with Crippen LogP contribution in [0.15, 0.2) is 18.2 Å². The number of piperidine rings is 1. The second kappa shape index (κ2) is 8.62. The van der Waals surface area contributed by atoms with Gasteiger partial charge in [0.2, 0.25) is 0 Å². The number of amides is 2. The van der Waals surface area contributed by atoms with E-state index < -0.39 is 0 Å². The minimum absolute atomic E-state index is 0.0136. The van der Waals surface area contributed by atoms with Crippen molar-refractivity contribution in [3.63, 3.8) is 0 Å². The highest BCUT2D eigenvalue weighted by atomic mass is 16.5. The number of hydrogen-bond donors (Lipinski definition) is 1. The van der Waals surface area contributed by atoms with E-state index in [2.05, 4.69) is 17.1 Å². The molecule has 2 amide bonds. The van der Waals surface area contributed by atoms with Crippen LogP contribution in [0, 0.1) is 0 Å². The summed E-state index contributed by atoms with van der Waals surface area (Å²) in [5, 5.41) is 3.01. The number of nitrogens with one attached hydrogen (secondary N) is 1. The van der Waals surface area contributed by atoms with Gasteiger partial charge < -0.3 is 19.7 Å². The molecule has 0 radical (unpaired) electrons. The second-order valence-corrected chi connectivity index (χ2v) is 7.22. The normalized spacial score (nSPS) is 21.2. The quantitative estimate of drug-likeness (QED) is 0.847. The van der Waals surface area contributed by atoms with E-state index >= 15 is 0 Å². The fraction of sp³-hybridized carbons (Fsp3) is 0.650. The number of urea groups is 1. The maximum Gasteiger partial charge on any atom is 0.317 e. The molecule has 2 aliphatic heterocycles. The first-order valence-corrected chi connectivity index (χ1v) is 9.70. The second-order valence-electron chi connectivity index (χ2n) is 7.22. The van der Waals surface area contributed by atoms with Crippen molar-refractivity contribution in [3.05, 3.63) is 23.8 Å². The molecule has 0 aliphatic carbocycles. The Morgan fingerprint density at radius 1 is 1.27 bits per heavy atom. The molecule has 2 fully saturated rings. The number of nitrogens with zero attached hydrogens (tertiary/aromatic N) is 2. The zero-order chi connectivity index (χ0) is 18.5. The summed E-state index contributed by atoms with van der Waals surface area (Å²) >= 11 is 0. The van der Waals surface area contributed by atoms with E-state index in [4.69, 9.17) is 9.47 Å². The van der Waals surface area contributed by atoms with E-state index in [9.17, 15) is 4.79 Å². The van der Waals surface area contributed by atoms with Crippen LogP contribution in [0.25, 0.3) is 0 Å². The molecule has 1 aromatic carbocycles. The van der Waals surface area contributed by atoms with Gasteiger partial charge in [-0.1, -0.05) is 12.5 Å². The molecule has 1 aromatic rings. The maximum atomic E-state index is 12.4. The summed E-state index contributed by atoms with van der Waals surface area (Å²) in [6.45, 7) is 8.17. The minimum Gasteiger partial charge on any atom is -0.493 e. The van der Waals surface area contributed by atoms with Gasteiger partial charge in [-0.05, 0) is 50.9 Å². The first-order chi connectivity index (χ1) is 12.6. The third-order valence-electron chi connectivity index (χ3n) is 5.44. The van der Waals surface area contributed by atoms with Crippen molar-refractivity contribution in [1.82, 2.24) is 15.1 Å². The van der Waals surface area contributed by atoms with E-state index in [1.807, 2.05) is 30.0 Å². The number of hydrogen-bond acceptors (Lipinski definition) is 4. The predicted molar refractivity (Wildman–Crippen MR) is 102 cm³/mol. The summed E-state index contributed by atoms with van der Waals surface area (Å²) < 4.78 is 10.9. The summed E-state index contributed by atoms with van der Waals surface area (Å²) in [6.07, 6.45) is 3.90. The van der Waals surface area contributed by atoms with E-state index in [1.54, 1.807) is 7.11 Å². The van der Waals surface area contributed by atoms with Crippen LogP contribution in [-0.4, -0.2) is 61.3 Å². The van der Waals surface area contributed by atoms with Gasteiger partial charge in [0.1, 0.15) is 0 Å². The molecule has 0 unspecified atom stereocenters. The van der Waals surface area contributed by atoms with Gasteiger partial charge in [-0.2, -0.15) is 0 Å². The van der Waals surface area contributed by atoms with Crippen LogP contribution in [0.5, 0.6) is 11.5 Å². The molecule has 6 heteroatoms. The predicted octanol–water partition coefficient (Wildman–Crippen LogP) is 2.86. The van der Waals surface area contributed by atoms with Crippen molar-refractivity contribution in [3.8, 4) is 11.5 Å². The van der Waals surface area contributed by atoms with Crippen LogP contribution in [0.3, 0.4) is 0 Å². The summed E-state index contributed by atoms with van der Waals surface area (Å²) in [4.78, 5) is 16.9. The zero-order valence-corrected chi connectivity index (χ0v) is 16.2. The fourth-order valence-corrected chi connectivity index (χ4v) is 3.88. The standard InChI is InChI=1S/C20H31N3O3/c1-4-26-19-11-16(8-9-18(19)25-3)12-21-20(24)22-13-17(14-22)23-10-6-5-7-15(23)2/h8-9,11,15,17H,4-7,10,12-14H2,1-3H3,(H,21,24)/t15-/m1/s1. The van der Waals surface area contributed by atoms with Crippen LogP contribution in [0.1, 0.15) is 38.7 Å². The smallest absolute Gasteiger partial charge is 0.317 e. The van der Waals surface area contributed by atoms with Gasteiger partial charge in [0.05, 0.1) is 13.7 Å². The Bertz CT molecular complexity index is 616. The number of benzene rings is 1. The van der Waals surface area contributed by atoms with Crippen LogP contribution in [0.2, 0.25) is 0 Å². The number of methoxy groups -OCH3 is 1. The van der Waals surface area contributed by atoms with Crippen molar-refractivity contribution < 1.29 is 14.3 Å². The van der Waals surface area contributed by atoms with Crippen molar-refractivity contribution in [1.29, 1.82) is 0 Å². The van der Waals surface area contributed by atoms with E-state index in [1.165, 1.54) is 25.8 Å². The third-order valence-corrected chi connectivity index (χ3v) is 5.44. The number of rotatable bonds is 6. The van der Waals surface area contributed by atoms with Crippen LogP contribution < -0.4 is 14.8 Å². The highest BCUT2D eigenvalue weighted by Gasteiger charge is 2.37. The van der Waals surface area contributed by atoms with Gasteiger partial charge >= 0.3 is 6.03 Å². The van der Waals surface area contributed by atoms with Gasteiger partial charge in [0.25, 0.3) is 0 Å². The topological polar surface area (TPSA) is 54.0 Å². The number of ether oxygens (including phenoxy) is 2. The van der Waals surface area contributed by atoms with Crippen LogP contribution >= 0.6 is 0 Å². The van der Waals surface area contributed by atoms with E-state index in [0.29, 0.717) is 36.7 Å². The minimum atomic E-state index is 0.0136. The largest absolute Gasteiger partial charge is 0.493 e. The number of carbonyl (C=O) groups is 1. The molecule has 6 nitrogen and oxygen atoms in total. The molecule has 1 N–H and O–H groups in total. The third kappa shape index (κ3) is 4.23. The van der Waals surface area contributed by atoms with Gasteiger partial charge in [-0.3, -0.25) is 4.90 Å². The Kier molecular flexibility index (Phi) is 6.25. The zero-order valence-electron chi connectivity index (χ0n) is 16.2. The summed E-state index contributed by atoms with van der Waals surface area (Å²) in [5.74, 6) is 1.42. The first-order valence-electron chi connectivity index (χ1n) is 9.70. The molecule has 2 aliphatic rings. The molecular weight excluding hydrogens is 330 g/mol. The molecule has 0 aromatic heterocycles. The number of carbonyl (C=O) groups excluding carboxylic acids is 1. The number of likely N-dealkylation sites (tertiary alicyclic amines) is 2. The fourth-order valence-electron chi connectivity index (χ4n) is 3.88. The molecule has 2 saturated heterocycles. The Hall–Kier alpha value is -1.95. The molecule has 1 atom stereocenters. The summed E-state index contributed by atoms with van der Waals surface area (Å²) in [7, 11) is 1.63. The first kappa shape index (κ1) is 18.8. The van der Waals surface area contributed by atoms with Gasteiger partial charge in [-0.25, -0.2) is 4.79 Å². The van der Waals surface area contributed by atoms with Crippen molar-refractivity contribution in [2.75, 3.05) is 33.4 Å². The Morgan fingerprint density at radius 2 is 2.08 bits per heavy atom. The highest BCUT2D eigenvalue weighted by Crippen LogP contribution is 2.28. The molecule has 0 saturated carbocycles. The molecule has 2 heterocycles. The molecule has 144 valence electrons. The lowest BCUT2D eigenvalue weighted by Crippen LogP contribution is -2.64. The maximum absolute atomic E-state index is 12.4. The molecule has 26 heavy (non-hydrogen) atoms. The highest BCUT2D eigenvalue weighted by molar-refractivity contribution is 5.75. The molecular formula is C20H31N3O3. The van der Waals surface area contributed by atoms with E-state index in [-0.39, 0.29) is 6.03 Å². The lowest BCUT2D eigenvalue weighted by Gasteiger charge is -2.49. The Balaban J connectivity index is 1.47. The van der Waals surface area contributed by atoms with Crippen molar-refractivity contribution >= 4 is 6.03 Å². The Morgan fingerprint density at radius 3 is 2.77 bits per heavy atom. The molecule has 0 spiro atoms. The van der Waals surface area contributed by atoms with Gasteiger partial charge in [0.15, 0.2) is 11.5 Å². The van der Waals surface area contributed by atoms with Crippen LogP contribution in [-0.2, 0) is 6.54 Å². The summed E-state index contributed by atoms with van der Waals surface area (Å²) in [6, 6.07) is 6.95. The Labute approximate surface area is 156 Å². The van der Waals surface area contributed by atoms with Gasteiger partial charge in [-0.15, -0.1) is 0 Å². The molecule has 3 rings (SSSR count). The summed E-state index contributed by atoms with van der Waals surface area (Å²) in [5.41, 5.74) is 1.00. The van der Waals surface area contributed by atoms with Crippen molar-refractivity contribution in [2.45, 2.75) is 51.7 Å². The lowest BCUT2D eigenvalue weighted by molar-refractivity contribution is 0.0169. The monoisotopic (exact) mass is 361 g/mol. The van der Waals surface area contributed by atoms with Crippen LogP contribution in [0.4, 0.5) is 4.79 Å². The SMILES string of the molecule is CCOc1cc(CNC(=O)N2CC(N3CCCC[C@H]3C)C2)ccc1OC. The molecule has 0 bridgehead atoms. The van der Waals surface area contributed by atoms with Crippen molar-refractivity contribution in [2.24, 2.45) is 0 Å². The average molecular weight is 361 g/mol. The van der Waals surface area contributed by atoms with E-state index in [0.717, 1.165) is 18.7 Å².